The number of amides is 2. The number of carboxylic acid groups (broad SMARTS) is 1. The molecule has 8 heteroatoms. The first-order chi connectivity index (χ1) is 11.5. The summed E-state index contributed by atoms with van der Waals surface area (Å²) < 4.78 is 0.563. The number of benzene rings is 1. The third-order valence-corrected chi connectivity index (χ3v) is 6.20. The van der Waals surface area contributed by atoms with Crippen molar-refractivity contribution in [1.29, 1.82) is 0 Å². The number of fused-ring (bicyclic) bond motifs is 1. The Morgan fingerprint density at radius 3 is 2.67 bits per heavy atom. The minimum absolute atomic E-state index is 0.0757. The fourth-order valence-corrected chi connectivity index (χ4v) is 5.13. The second kappa shape index (κ2) is 7.14. The number of nitrogens with one attached hydrogen (secondary N) is 1. The van der Waals surface area contributed by atoms with Gasteiger partial charge in [0.2, 0.25) is 5.91 Å². The van der Waals surface area contributed by atoms with Gasteiger partial charge in [0.15, 0.2) is 0 Å². The SMILES string of the molecule is O=C(Cc1ccccc1)N[C@H]1C(=O)N2C(C(=O)O)=C(CI)CS[C@@H]12. The van der Waals surface area contributed by atoms with E-state index < -0.39 is 12.0 Å². The Bertz CT molecular complexity index is 722. The van der Waals surface area contributed by atoms with Crippen molar-refractivity contribution in [2.24, 2.45) is 0 Å². The van der Waals surface area contributed by atoms with Gasteiger partial charge in [0.05, 0.1) is 6.42 Å². The number of nitrogens with zero attached hydrogens (tertiary/aromatic N) is 1. The summed E-state index contributed by atoms with van der Waals surface area (Å²) in [6.45, 7) is 0. The molecule has 2 atom stereocenters. The fourth-order valence-electron chi connectivity index (χ4n) is 2.79. The first kappa shape index (κ1) is 17.3. The van der Waals surface area contributed by atoms with Crippen molar-refractivity contribution in [3.63, 3.8) is 0 Å². The first-order valence-electron chi connectivity index (χ1n) is 7.32. The number of β-lactam (4-membered cyclic amide) rings is 1. The Kier molecular flexibility index (Phi) is 5.14. The van der Waals surface area contributed by atoms with Gasteiger partial charge in [-0.15, -0.1) is 11.8 Å². The van der Waals surface area contributed by atoms with E-state index in [1.165, 1.54) is 16.7 Å². The Morgan fingerprint density at radius 1 is 1.33 bits per heavy atom. The molecular formula is C16H15IN2O4S. The molecule has 0 radical (unpaired) electrons. The predicted molar refractivity (Wildman–Crippen MR) is 98.7 cm³/mol. The molecule has 1 aromatic rings. The number of alkyl halides is 1. The number of carbonyl (C=O) groups excluding carboxylic acids is 2. The van der Waals surface area contributed by atoms with Gasteiger partial charge in [0.25, 0.3) is 5.91 Å². The van der Waals surface area contributed by atoms with Crippen molar-refractivity contribution in [3.8, 4) is 0 Å². The van der Waals surface area contributed by atoms with E-state index in [0.717, 1.165) is 11.1 Å². The molecular weight excluding hydrogens is 443 g/mol. The lowest BCUT2D eigenvalue weighted by molar-refractivity contribution is -0.150. The number of carboxylic acids is 1. The predicted octanol–water partition coefficient (Wildman–Crippen LogP) is 1.40. The lowest BCUT2D eigenvalue weighted by atomic mass is 10.0. The van der Waals surface area contributed by atoms with Crippen molar-refractivity contribution >= 4 is 52.1 Å². The zero-order chi connectivity index (χ0) is 17.3. The molecule has 6 nitrogen and oxygen atoms in total. The number of thioether (sulfide) groups is 1. The average molecular weight is 458 g/mol. The topological polar surface area (TPSA) is 86.7 Å². The summed E-state index contributed by atoms with van der Waals surface area (Å²) in [5.41, 5.74) is 1.69. The molecule has 1 aromatic carbocycles. The van der Waals surface area contributed by atoms with Crippen molar-refractivity contribution in [1.82, 2.24) is 10.2 Å². The lowest BCUT2D eigenvalue weighted by Crippen LogP contribution is -2.70. The van der Waals surface area contributed by atoms with E-state index in [1.54, 1.807) is 0 Å². The van der Waals surface area contributed by atoms with Gasteiger partial charge < -0.3 is 10.4 Å². The molecule has 2 N–H and O–H groups in total. The van der Waals surface area contributed by atoms with Crippen molar-refractivity contribution in [3.05, 3.63) is 47.2 Å². The number of carbonyl (C=O) groups is 3. The summed E-state index contributed by atoms with van der Waals surface area (Å²) in [5, 5.41) is 11.8. The number of rotatable bonds is 5. The summed E-state index contributed by atoms with van der Waals surface area (Å²) in [7, 11) is 0. The molecule has 0 spiro atoms. The van der Waals surface area contributed by atoms with E-state index >= 15 is 0 Å². The van der Waals surface area contributed by atoms with Gasteiger partial charge in [-0.2, -0.15) is 0 Å². The van der Waals surface area contributed by atoms with Gasteiger partial charge in [-0.3, -0.25) is 14.5 Å². The molecule has 1 fully saturated rings. The van der Waals surface area contributed by atoms with Gasteiger partial charge in [-0.05, 0) is 11.1 Å². The molecule has 126 valence electrons. The highest BCUT2D eigenvalue weighted by molar-refractivity contribution is 14.1. The molecule has 24 heavy (non-hydrogen) atoms. The van der Waals surface area contributed by atoms with Crippen molar-refractivity contribution in [2.45, 2.75) is 17.8 Å². The highest BCUT2D eigenvalue weighted by atomic mass is 127. The lowest BCUT2D eigenvalue weighted by Gasteiger charge is -2.49. The Balaban J connectivity index is 1.69. The van der Waals surface area contributed by atoms with Crippen LogP contribution in [-0.2, 0) is 20.8 Å². The van der Waals surface area contributed by atoms with Gasteiger partial charge in [0, 0.05) is 10.2 Å². The molecule has 1 saturated heterocycles. The number of hydrogen-bond donors (Lipinski definition) is 2. The molecule has 2 aliphatic heterocycles. The van der Waals surface area contributed by atoms with Crippen LogP contribution in [0.2, 0.25) is 0 Å². The van der Waals surface area contributed by atoms with Crippen LogP contribution in [-0.4, -0.2) is 49.4 Å². The molecule has 2 heterocycles. The maximum Gasteiger partial charge on any atom is 0.352 e. The molecule has 0 bridgehead atoms. The van der Waals surface area contributed by atoms with E-state index in [1.807, 2.05) is 30.3 Å². The summed E-state index contributed by atoms with van der Waals surface area (Å²) in [4.78, 5) is 37.3. The third-order valence-electron chi connectivity index (χ3n) is 3.94. The van der Waals surface area contributed by atoms with E-state index in [-0.39, 0.29) is 29.3 Å². The van der Waals surface area contributed by atoms with Crippen LogP contribution in [0.1, 0.15) is 5.56 Å². The van der Waals surface area contributed by atoms with Crippen LogP contribution >= 0.6 is 34.4 Å². The van der Waals surface area contributed by atoms with E-state index in [9.17, 15) is 19.5 Å². The van der Waals surface area contributed by atoms with E-state index in [0.29, 0.717) is 10.2 Å². The molecule has 0 aliphatic carbocycles. The van der Waals surface area contributed by atoms with Crippen LogP contribution in [0.5, 0.6) is 0 Å². The highest BCUT2D eigenvalue weighted by Gasteiger charge is 2.53. The maximum atomic E-state index is 12.4. The van der Waals surface area contributed by atoms with Crippen LogP contribution in [0, 0.1) is 0 Å². The zero-order valence-corrected chi connectivity index (χ0v) is 15.5. The molecule has 0 unspecified atom stereocenters. The zero-order valence-electron chi connectivity index (χ0n) is 12.6. The van der Waals surface area contributed by atoms with Gasteiger partial charge in [0.1, 0.15) is 17.1 Å². The standard InChI is InChI=1S/C16H15IN2O4S/c17-7-10-8-24-15-12(14(21)19(15)13(10)16(22)23)18-11(20)6-9-4-2-1-3-5-9/h1-5,12,15H,6-8H2,(H,18,20)(H,22,23)/t12-,15-/m0/s1. The second-order valence-corrected chi connectivity index (χ2v) is 7.38. The van der Waals surface area contributed by atoms with Crippen LogP contribution in [0.25, 0.3) is 0 Å². The van der Waals surface area contributed by atoms with Gasteiger partial charge in [-0.25, -0.2) is 4.79 Å². The summed E-state index contributed by atoms with van der Waals surface area (Å²) in [6.07, 6.45) is 0.197. The van der Waals surface area contributed by atoms with Crippen LogP contribution in [0.4, 0.5) is 0 Å². The Hall–Kier alpha value is -1.55. The maximum absolute atomic E-state index is 12.4. The number of hydrogen-bond acceptors (Lipinski definition) is 4. The third kappa shape index (κ3) is 3.16. The van der Waals surface area contributed by atoms with Crippen molar-refractivity contribution in [2.75, 3.05) is 10.2 Å². The van der Waals surface area contributed by atoms with E-state index in [4.69, 9.17) is 0 Å². The number of halogens is 1. The number of aliphatic carboxylic acids is 1. The minimum Gasteiger partial charge on any atom is -0.477 e. The molecule has 0 saturated carbocycles. The quantitative estimate of drug-likeness (QED) is 0.396. The first-order valence-corrected chi connectivity index (χ1v) is 9.89. The summed E-state index contributed by atoms with van der Waals surface area (Å²) in [5.74, 6) is -1.12. The van der Waals surface area contributed by atoms with Crippen molar-refractivity contribution < 1.29 is 19.5 Å². The Labute approximate surface area is 156 Å². The van der Waals surface area contributed by atoms with E-state index in [2.05, 4.69) is 27.9 Å². The Morgan fingerprint density at radius 2 is 2.04 bits per heavy atom. The van der Waals surface area contributed by atoms with Crippen LogP contribution in [0.15, 0.2) is 41.6 Å². The average Bonchev–Trinajstić information content (AvgIpc) is 2.58. The van der Waals surface area contributed by atoms with Crippen LogP contribution in [0.3, 0.4) is 0 Å². The highest BCUT2D eigenvalue weighted by Crippen LogP contribution is 2.40. The smallest absolute Gasteiger partial charge is 0.352 e. The molecule has 0 aromatic heterocycles. The molecule has 2 aliphatic rings. The molecule has 2 amide bonds. The second-order valence-electron chi connectivity index (χ2n) is 5.51. The van der Waals surface area contributed by atoms with Gasteiger partial charge >= 0.3 is 5.97 Å². The minimum atomic E-state index is -1.09. The largest absolute Gasteiger partial charge is 0.477 e. The monoisotopic (exact) mass is 458 g/mol. The summed E-state index contributed by atoms with van der Waals surface area (Å²) >= 11 is 3.59. The normalized spacial score (nSPS) is 22.7. The van der Waals surface area contributed by atoms with Crippen LogP contribution < -0.4 is 5.32 Å². The summed E-state index contributed by atoms with van der Waals surface area (Å²) in [6, 6.07) is 8.62. The van der Waals surface area contributed by atoms with Gasteiger partial charge in [-0.1, -0.05) is 52.9 Å². The molecule has 3 rings (SSSR count). The fraction of sp³-hybridized carbons (Fsp3) is 0.312.